The Hall–Kier alpha value is -0.740. The number of nitrogens with two attached hydrogens (primary N) is 1. The fourth-order valence-corrected chi connectivity index (χ4v) is 2.37. The third kappa shape index (κ3) is 3.12. The van der Waals surface area contributed by atoms with E-state index in [0.717, 1.165) is 23.4 Å². The van der Waals surface area contributed by atoms with Crippen LogP contribution >= 0.6 is 11.5 Å². The lowest BCUT2D eigenvalue weighted by Gasteiger charge is -2.19. The predicted molar refractivity (Wildman–Crippen MR) is 69.6 cm³/mol. The third-order valence-corrected chi connectivity index (χ3v) is 3.43. The van der Waals surface area contributed by atoms with E-state index in [0.29, 0.717) is 0 Å². The molecule has 16 heavy (non-hydrogen) atoms. The maximum absolute atomic E-state index is 6.18. The van der Waals surface area contributed by atoms with Gasteiger partial charge in [0, 0.05) is 11.5 Å². The second-order valence-corrected chi connectivity index (χ2v) is 5.94. The Kier molecular flexibility index (Phi) is 4.21. The molecule has 0 fully saturated rings. The number of hydrogen-bond donors (Lipinski definition) is 1. The number of hydrogen-bond acceptors (Lipinski definition) is 4. The number of rotatable bonds is 4. The monoisotopic (exact) mass is 239 g/mol. The van der Waals surface area contributed by atoms with Gasteiger partial charge in [-0.25, -0.2) is 0 Å². The highest BCUT2D eigenvalue weighted by Crippen LogP contribution is 2.31. The Morgan fingerprint density at radius 2 is 2.12 bits per heavy atom. The van der Waals surface area contributed by atoms with E-state index in [4.69, 9.17) is 5.73 Å². The highest BCUT2D eigenvalue weighted by Gasteiger charge is 2.25. The first-order chi connectivity index (χ1) is 7.36. The second-order valence-electron chi connectivity index (χ2n) is 5.15. The van der Waals surface area contributed by atoms with Gasteiger partial charge in [-0.15, -0.1) is 5.10 Å². The van der Waals surface area contributed by atoms with Crippen LogP contribution in [-0.4, -0.2) is 9.59 Å². The molecule has 0 saturated heterocycles. The molecule has 0 bridgehead atoms. The molecule has 1 heterocycles. The van der Waals surface area contributed by atoms with E-state index < -0.39 is 0 Å². The molecular formula is C12H21N3S. The maximum Gasteiger partial charge on any atom is 0.0857 e. The zero-order valence-corrected chi connectivity index (χ0v) is 11.4. The first-order valence-corrected chi connectivity index (χ1v) is 6.38. The van der Waals surface area contributed by atoms with Gasteiger partial charge in [-0.2, -0.15) is 0 Å². The highest BCUT2D eigenvalue weighted by atomic mass is 32.1. The lowest BCUT2D eigenvalue weighted by atomic mass is 9.89. The molecule has 0 amide bonds. The standard InChI is InChI=1S/C12H21N3S/c1-6-8(2)7-9(13)10-11(12(3,4)5)14-15-16-10/h9H,2,6-7,13H2,1,3-5H3. The summed E-state index contributed by atoms with van der Waals surface area (Å²) in [6.45, 7) is 12.5. The van der Waals surface area contributed by atoms with Gasteiger partial charge in [0.2, 0.25) is 0 Å². The summed E-state index contributed by atoms with van der Waals surface area (Å²) < 4.78 is 4.02. The molecule has 2 N–H and O–H groups in total. The van der Waals surface area contributed by atoms with Gasteiger partial charge in [-0.3, -0.25) is 0 Å². The molecule has 1 aromatic heterocycles. The van der Waals surface area contributed by atoms with Crippen molar-refractivity contribution in [3.05, 3.63) is 22.7 Å². The molecule has 0 aliphatic rings. The summed E-state index contributed by atoms with van der Waals surface area (Å²) in [4.78, 5) is 1.10. The zero-order chi connectivity index (χ0) is 12.3. The molecule has 0 aliphatic carbocycles. The quantitative estimate of drug-likeness (QED) is 0.821. The van der Waals surface area contributed by atoms with Gasteiger partial charge in [0.05, 0.1) is 10.6 Å². The van der Waals surface area contributed by atoms with E-state index in [1.807, 2.05) is 0 Å². The molecule has 1 unspecified atom stereocenters. The van der Waals surface area contributed by atoms with E-state index in [1.165, 1.54) is 17.1 Å². The summed E-state index contributed by atoms with van der Waals surface area (Å²) in [7, 11) is 0. The normalized spacial score (nSPS) is 13.8. The van der Waals surface area contributed by atoms with Crippen molar-refractivity contribution >= 4 is 11.5 Å². The van der Waals surface area contributed by atoms with Crippen molar-refractivity contribution < 1.29 is 0 Å². The molecule has 1 rings (SSSR count). The molecule has 0 aliphatic heterocycles. The van der Waals surface area contributed by atoms with E-state index in [1.54, 1.807) is 0 Å². The fraction of sp³-hybridized carbons (Fsp3) is 0.667. The van der Waals surface area contributed by atoms with Crippen LogP contribution in [0.1, 0.15) is 57.1 Å². The third-order valence-electron chi connectivity index (χ3n) is 2.57. The highest BCUT2D eigenvalue weighted by molar-refractivity contribution is 7.05. The van der Waals surface area contributed by atoms with Crippen LogP contribution in [0.3, 0.4) is 0 Å². The Morgan fingerprint density at radius 1 is 1.50 bits per heavy atom. The Labute approximate surface area is 102 Å². The van der Waals surface area contributed by atoms with Crippen LogP contribution in [-0.2, 0) is 5.41 Å². The molecule has 3 nitrogen and oxygen atoms in total. The van der Waals surface area contributed by atoms with Crippen LogP contribution in [0.5, 0.6) is 0 Å². The van der Waals surface area contributed by atoms with Gasteiger partial charge in [-0.1, -0.05) is 44.3 Å². The van der Waals surface area contributed by atoms with Crippen molar-refractivity contribution in [1.82, 2.24) is 9.59 Å². The number of aromatic nitrogens is 2. The van der Waals surface area contributed by atoms with Crippen molar-refractivity contribution in [3.63, 3.8) is 0 Å². The van der Waals surface area contributed by atoms with E-state index in [9.17, 15) is 0 Å². The molecule has 1 aromatic rings. The van der Waals surface area contributed by atoms with Crippen LogP contribution in [0.25, 0.3) is 0 Å². The van der Waals surface area contributed by atoms with Crippen LogP contribution in [0.4, 0.5) is 0 Å². The summed E-state index contributed by atoms with van der Waals surface area (Å²) in [6.07, 6.45) is 1.80. The SMILES string of the molecule is C=C(CC)CC(N)c1snnc1C(C)(C)C. The van der Waals surface area contributed by atoms with Gasteiger partial charge >= 0.3 is 0 Å². The maximum atomic E-state index is 6.18. The Morgan fingerprint density at radius 3 is 2.62 bits per heavy atom. The molecule has 0 radical (unpaired) electrons. The largest absolute Gasteiger partial charge is 0.323 e. The average molecular weight is 239 g/mol. The van der Waals surface area contributed by atoms with Crippen LogP contribution in [0.2, 0.25) is 0 Å². The minimum absolute atomic E-state index is 0.00744. The smallest absolute Gasteiger partial charge is 0.0857 e. The van der Waals surface area contributed by atoms with Crippen molar-refractivity contribution in [3.8, 4) is 0 Å². The molecule has 90 valence electrons. The Balaban J connectivity index is 2.88. The summed E-state index contributed by atoms with van der Waals surface area (Å²) in [5.74, 6) is 0. The van der Waals surface area contributed by atoms with Crippen LogP contribution in [0.15, 0.2) is 12.2 Å². The van der Waals surface area contributed by atoms with Gasteiger partial charge in [-0.05, 0) is 24.4 Å². The molecule has 4 heteroatoms. The first kappa shape index (κ1) is 13.3. The molecule has 0 saturated carbocycles. The molecule has 0 spiro atoms. The van der Waals surface area contributed by atoms with Gasteiger partial charge in [0.25, 0.3) is 0 Å². The fourth-order valence-electron chi connectivity index (χ4n) is 1.51. The van der Waals surface area contributed by atoms with Gasteiger partial charge in [0.15, 0.2) is 0 Å². The lowest BCUT2D eigenvalue weighted by molar-refractivity contribution is 0.549. The zero-order valence-electron chi connectivity index (χ0n) is 10.6. The molecule has 1 atom stereocenters. The minimum Gasteiger partial charge on any atom is -0.323 e. The van der Waals surface area contributed by atoms with Crippen LogP contribution in [0, 0.1) is 0 Å². The summed E-state index contributed by atoms with van der Waals surface area (Å²) in [6, 6.07) is -0.0123. The van der Waals surface area contributed by atoms with Crippen molar-refractivity contribution in [2.45, 2.75) is 52.0 Å². The first-order valence-electron chi connectivity index (χ1n) is 5.61. The summed E-state index contributed by atoms with van der Waals surface area (Å²) >= 11 is 1.41. The predicted octanol–water partition coefficient (Wildman–Crippen LogP) is 3.19. The van der Waals surface area contributed by atoms with Gasteiger partial charge < -0.3 is 5.73 Å². The number of nitrogens with zero attached hydrogens (tertiary/aromatic N) is 2. The average Bonchev–Trinajstić information content (AvgIpc) is 2.65. The minimum atomic E-state index is -0.0123. The van der Waals surface area contributed by atoms with E-state index in [-0.39, 0.29) is 11.5 Å². The second kappa shape index (κ2) is 5.06. The van der Waals surface area contributed by atoms with Gasteiger partial charge in [0.1, 0.15) is 0 Å². The van der Waals surface area contributed by atoms with Crippen molar-refractivity contribution in [1.29, 1.82) is 0 Å². The molecular weight excluding hydrogens is 218 g/mol. The van der Waals surface area contributed by atoms with E-state index in [2.05, 4.69) is 43.9 Å². The molecule has 0 aromatic carbocycles. The van der Waals surface area contributed by atoms with E-state index >= 15 is 0 Å². The van der Waals surface area contributed by atoms with Crippen molar-refractivity contribution in [2.75, 3.05) is 0 Å². The Bertz CT molecular complexity index is 363. The summed E-state index contributed by atoms with van der Waals surface area (Å²) in [5, 5.41) is 4.20. The van der Waals surface area contributed by atoms with Crippen molar-refractivity contribution in [2.24, 2.45) is 5.73 Å². The topological polar surface area (TPSA) is 51.8 Å². The van der Waals surface area contributed by atoms with Crippen LogP contribution < -0.4 is 5.73 Å². The summed E-state index contributed by atoms with van der Waals surface area (Å²) in [5.41, 5.74) is 8.39. The lowest BCUT2D eigenvalue weighted by Crippen LogP contribution is -2.19.